The van der Waals surface area contributed by atoms with E-state index in [1.807, 2.05) is 31.2 Å². The van der Waals surface area contributed by atoms with Gasteiger partial charge in [0, 0.05) is 12.1 Å². The molecule has 0 spiro atoms. The van der Waals surface area contributed by atoms with Gasteiger partial charge in [0.15, 0.2) is 0 Å². The summed E-state index contributed by atoms with van der Waals surface area (Å²) >= 11 is 0. The number of hydrogen-bond donors (Lipinski definition) is 1. The zero-order chi connectivity index (χ0) is 13.8. The fourth-order valence-electron chi connectivity index (χ4n) is 2.47. The molecule has 1 aliphatic heterocycles. The summed E-state index contributed by atoms with van der Waals surface area (Å²) in [5.74, 6) is 2.52. The summed E-state index contributed by atoms with van der Waals surface area (Å²) in [6.45, 7) is 4.61. The molecular formula is C15H19N3O2. The Labute approximate surface area is 118 Å². The van der Waals surface area contributed by atoms with Crippen molar-refractivity contribution in [2.24, 2.45) is 0 Å². The molecule has 1 aliphatic rings. The zero-order valence-electron chi connectivity index (χ0n) is 11.6. The first-order chi connectivity index (χ1) is 9.86. The van der Waals surface area contributed by atoms with E-state index in [-0.39, 0.29) is 0 Å². The zero-order valence-corrected chi connectivity index (χ0v) is 11.6. The quantitative estimate of drug-likeness (QED) is 0.927. The number of aromatic nitrogens is 2. The molecule has 20 heavy (non-hydrogen) atoms. The monoisotopic (exact) mass is 273 g/mol. The lowest BCUT2D eigenvalue weighted by molar-refractivity contribution is 0.322. The van der Waals surface area contributed by atoms with Crippen LogP contribution >= 0.6 is 0 Å². The van der Waals surface area contributed by atoms with Gasteiger partial charge in [-0.15, -0.1) is 0 Å². The summed E-state index contributed by atoms with van der Waals surface area (Å²) in [6, 6.07) is 7.78. The molecule has 1 atom stereocenters. The topological polar surface area (TPSA) is 60.2 Å². The van der Waals surface area contributed by atoms with Crippen LogP contribution in [0.15, 0.2) is 28.8 Å². The second kappa shape index (κ2) is 6.05. The van der Waals surface area contributed by atoms with E-state index in [2.05, 4.69) is 15.5 Å². The van der Waals surface area contributed by atoms with E-state index in [9.17, 15) is 0 Å². The molecule has 0 radical (unpaired) electrons. The second-order valence-corrected chi connectivity index (χ2v) is 4.96. The lowest BCUT2D eigenvalue weighted by atomic mass is 10.00. The smallest absolute Gasteiger partial charge is 0.231 e. The van der Waals surface area contributed by atoms with Gasteiger partial charge >= 0.3 is 0 Å². The van der Waals surface area contributed by atoms with Gasteiger partial charge in [-0.1, -0.05) is 17.3 Å². The summed E-state index contributed by atoms with van der Waals surface area (Å²) in [5.41, 5.74) is 0.926. The first kappa shape index (κ1) is 13.1. The minimum absolute atomic E-state index is 0.333. The van der Waals surface area contributed by atoms with Crippen LogP contribution in [0.3, 0.4) is 0 Å². The van der Waals surface area contributed by atoms with Gasteiger partial charge in [-0.3, -0.25) is 0 Å². The molecule has 0 saturated carbocycles. The number of piperidine rings is 1. The van der Waals surface area contributed by atoms with Gasteiger partial charge in [-0.05, 0) is 38.4 Å². The largest absolute Gasteiger partial charge is 0.494 e. The Morgan fingerprint density at radius 3 is 3.20 bits per heavy atom. The molecule has 1 N–H and O–H groups in total. The average molecular weight is 273 g/mol. The van der Waals surface area contributed by atoms with Crippen LogP contribution in [0.1, 0.15) is 31.6 Å². The maximum atomic E-state index is 5.49. The molecule has 1 aromatic heterocycles. The summed E-state index contributed by atoms with van der Waals surface area (Å²) in [6.07, 6.45) is 2.26. The van der Waals surface area contributed by atoms with Crippen LogP contribution in [0.5, 0.6) is 5.75 Å². The van der Waals surface area contributed by atoms with E-state index >= 15 is 0 Å². The van der Waals surface area contributed by atoms with Crippen LogP contribution in [-0.4, -0.2) is 29.8 Å². The molecule has 1 aromatic carbocycles. The molecule has 106 valence electrons. The van der Waals surface area contributed by atoms with Crippen LogP contribution in [-0.2, 0) is 0 Å². The summed E-state index contributed by atoms with van der Waals surface area (Å²) < 4.78 is 10.9. The van der Waals surface area contributed by atoms with Gasteiger partial charge in [0.2, 0.25) is 11.7 Å². The molecular weight excluding hydrogens is 254 g/mol. The van der Waals surface area contributed by atoms with E-state index in [1.54, 1.807) is 0 Å². The van der Waals surface area contributed by atoms with Gasteiger partial charge < -0.3 is 14.6 Å². The number of ether oxygens (including phenoxy) is 1. The Bertz CT molecular complexity index is 562. The molecule has 3 rings (SSSR count). The predicted molar refractivity (Wildman–Crippen MR) is 75.7 cm³/mol. The van der Waals surface area contributed by atoms with Crippen LogP contribution in [0.25, 0.3) is 11.4 Å². The van der Waals surface area contributed by atoms with Crippen LogP contribution in [0.2, 0.25) is 0 Å². The third-order valence-electron chi connectivity index (χ3n) is 3.49. The number of benzene rings is 1. The molecule has 0 unspecified atom stereocenters. The second-order valence-electron chi connectivity index (χ2n) is 4.96. The maximum absolute atomic E-state index is 5.49. The number of nitrogens with zero attached hydrogens (tertiary/aromatic N) is 2. The molecule has 0 bridgehead atoms. The SMILES string of the molecule is CCOc1cccc(-c2noc([C@@H]3CCCNC3)n2)c1. The van der Waals surface area contributed by atoms with Crippen molar-refractivity contribution in [1.82, 2.24) is 15.5 Å². The molecule has 0 amide bonds. The minimum Gasteiger partial charge on any atom is -0.494 e. The van der Waals surface area contributed by atoms with Crippen LogP contribution in [0.4, 0.5) is 0 Å². The highest BCUT2D eigenvalue weighted by Crippen LogP contribution is 2.26. The first-order valence-electron chi connectivity index (χ1n) is 7.14. The van der Waals surface area contributed by atoms with Crippen molar-refractivity contribution in [2.45, 2.75) is 25.7 Å². The molecule has 2 heterocycles. The Hall–Kier alpha value is -1.88. The van der Waals surface area contributed by atoms with Crippen molar-refractivity contribution in [1.29, 1.82) is 0 Å². The van der Waals surface area contributed by atoms with Crippen molar-refractivity contribution in [3.8, 4) is 17.1 Å². The van der Waals surface area contributed by atoms with E-state index in [4.69, 9.17) is 9.26 Å². The summed E-state index contributed by atoms with van der Waals surface area (Å²) in [4.78, 5) is 4.53. The Morgan fingerprint density at radius 1 is 1.45 bits per heavy atom. The predicted octanol–water partition coefficient (Wildman–Crippen LogP) is 2.60. The van der Waals surface area contributed by atoms with Gasteiger partial charge in [-0.2, -0.15) is 4.98 Å². The fraction of sp³-hybridized carbons (Fsp3) is 0.467. The van der Waals surface area contributed by atoms with Gasteiger partial charge in [0.25, 0.3) is 0 Å². The highest BCUT2D eigenvalue weighted by atomic mass is 16.5. The number of hydrogen-bond acceptors (Lipinski definition) is 5. The Morgan fingerprint density at radius 2 is 2.40 bits per heavy atom. The summed E-state index contributed by atoms with van der Waals surface area (Å²) in [7, 11) is 0. The van der Waals surface area contributed by atoms with Gasteiger partial charge in [0.05, 0.1) is 12.5 Å². The molecule has 5 nitrogen and oxygen atoms in total. The summed E-state index contributed by atoms with van der Waals surface area (Å²) in [5, 5.41) is 7.45. The highest BCUT2D eigenvalue weighted by Gasteiger charge is 2.21. The van der Waals surface area contributed by atoms with Crippen molar-refractivity contribution < 1.29 is 9.26 Å². The van der Waals surface area contributed by atoms with Crippen LogP contribution in [0, 0.1) is 0 Å². The van der Waals surface area contributed by atoms with E-state index in [0.29, 0.717) is 18.3 Å². The molecule has 1 fully saturated rings. The standard InChI is InChI=1S/C15H19N3O2/c1-2-19-13-7-3-5-11(9-13)14-17-15(20-18-14)12-6-4-8-16-10-12/h3,5,7,9,12,16H,2,4,6,8,10H2,1H3/t12-/m1/s1. The fourth-order valence-corrected chi connectivity index (χ4v) is 2.47. The highest BCUT2D eigenvalue weighted by molar-refractivity contribution is 5.56. The third-order valence-corrected chi connectivity index (χ3v) is 3.49. The van der Waals surface area contributed by atoms with Crippen LogP contribution < -0.4 is 10.1 Å². The lowest BCUT2D eigenvalue weighted by Crippen LogP contribution is -2.28. The molecule has 0 aliphatic carbocycles. The van der Waals surface area contributed by atoms with E-state index in [1.165, 1.54) is 0 Å². The molecule has 2 aromatic rings. The normalized spacial score (nSPS) is 18.9. The Balaban J connectivity index is 1.80. The number of nitrogens with one attached hydrogen (secondary N) is 1. The van der Waals surface area contributed by atoms with Gasteiger partial charge in [-0.25, -0.2) is 0 Å². The van der Waals surface area contributed by atoms with Gasteiger partial charge in [0.1, 0.15) is 5.75 Å². The van der Waals surface area contributed by atoms with Crippen molar-refractivity contribution >= 4 is 0 Å². The van der Waals surface area contributed by atoms with Crippen molar-refractivity contribution in [2.75, 3.05) is 19.7 Å². The molecule has 1 saturated heterocycles. The minimum atomic E-state index is 0.333. The van der Waals surface area contributed by atoms with Crippen molar-refractivity contribution in [3.63, 3.8) is 0 Å². The maximum Gasteiger partial charge on any atom is 0.231 e. The molecule has 5 heteroatoms. The third kappa shape index (κ3) is 2.82. The van der Waals surface area contributed by atoms with E-state index < -0.39 is 0 Å². The number of rotatable bonds is 4. The average Bonchev–Trinajstić information content (AvgIpc) is 2.99. The first-order valence-corrected chi connectivity index (χ1v) is 7.14. The van der Waals surface area contributed by atoms with E-state index in [0.717, 1.165) is 43.1 Å². The lowest BCUT2D eigenvalue weighted by Gasteiger charge is -2.18. The Kier molecular flexibility index (Phi) is 3.97. The van der Waals surface area contributed by atoms with Crippen molar-refractivity contribution in [3.05, 3.63) is 30.2 Å².